The molecule has 1 saturated heterocycles. The number of rotatable bonds is 6. The lowest BCUT2D eigenvalue weighted by atomic mass is 9.98. The van der Waals surface area contributed by atoms with Gasteiger partial charge >= 0.3 is 5.97 Å². The zero-order valence-electron chi connectivity index (χ0n) is 13.9. The molecule has 24 heavy (non-hydrogen) atoms. The van der Waals surface area contributed by atoms with E-state index in [0.717, 1.165) is 26.1 Å². The van der Waals surface area contributed by atoms with E-state index in [2.05, 4.69) is 46.4 Å². The summed E-state index contributed by atoms with van der Waals surface area (Å²) in [4.78, 5) is 17.7. The van der Waals surface area contributed by atoms with Crippen molar-refractivity contribution < 1.29 is 9.90 Å². The highest BCUT2D eigenvalue weighted by Gasteiger charge is 2.36. The fourth-order valence-corrected chi connectivity index (χ4v) is 3.29. The van der Waals surface area contributed by atoms with Crippen molar-refractivity contribution in [2.45, 2.75) is 31.8 Å². The number of carbonyl (C=O) groups is 1. The van der Waals surface area contributed by atoms with E-state index in [9.17, 15) is 4.79 Å². The summed E-state index contributed by atoms with van der Waals surface area (Å²) in [6.07, 6.45) is 2.29. The van der Waals surface area contributed by atoms with Gasteiger partial charge in [0.25, 0.3) is 0 Å². The minimum atomic E-state index is -1.00. The van der Waals surface area contributed by atoms with E-state index in [1.807, 2.05) is 12.1 Å². The molecule has 0 radical (unpaired) electrons. The van der Waals surface area contributed by atoms with E-state index < -0.39 is 5.97 Å². The van der Waals surface area contributed by atoms with Gasteiger partial charge in [0.1, 0.15) is 5.82 Å². The molecule has 1 fully saturated rings. The Morgan fingerprint density at radius 1 is 1.25 bits per heavy atom. The Hall–Kier alpha value is -2.40. The lowest BCUT2D eigenvalue weighted by Crippen LogP contribution is -2.46. The molecule has 1 aromatic carbocycles. The normalized spacial score (nSPS) is 20.9. The van der Waals surface area contributed by atoms with E-state index in [4.69, 9.17) is 5.11 Å². The number of carboxylic acid groups (broad SMARTS) is 1. The molecule has 1 aliphatic rings. The van der Waals surface area contributed by atoms with E-state index in [1.54, 1.807) is 6.07 Å². The van der Waals surface area contributed by atoms with Crippen LogP contribution in [0.4, 0.5) is 5.82 Å². The zero-order chi connectivity index (χ0) is 17.0. The molecule has 2 aromatic rings. The van der Waals surface area contributed by atoms with Crippen molar-refractivity contribution in [3.63, 3.8) is 0 Å². The van der Waals surface area contributed by atoms with Crippen LogP contribution in [0.2, 0.25) is 0 Å². The number of aromatic carboxylic acids is 1. The fourth-order valence-electron chi connectivity index (χ4n) is 3.29. The summed E-state index contributed by atoms with van der Waals surface area (Å²) >= 11 is 0. The molecular weight excluding hydrogens is 302 g/mol. The van der Waals surface area contributed by atoms with Crippen LogP contribution >= 0.6 is 0 Å². The van der Waals surface area contributed by atoms with Crippen molar-refractivity contribution in [2.75, 3.05) is 18.4 Å². The molecule has 0 saturated carbocycles. The van der Waals surface area contributed by atoms with Crippen LogP contribution in [-0.4, -0.2) is 39.6 Å². The van der Waals surface area contributed by atoms with Crippen LogP contribution in [-0.2, 0) is 6.54 Å². The zero-order valence-corrected chi connectivity index (χ0v) is 13.9. The van der Waals surface area contributed by atoms with Gasteiger partial charge in [-0.15, -0.1) is 0 Å². The standard InChI is InChI=1S/C19H23N3O2/c1-19(14-20-17-10-5-9-16(21-17)18(23)24)11-6-12-22(19)13-15-7-3-2-4-8-15/h2-5,7-10H,6,11-14H2,1H3,(H,20,21)(H,23,24). The number of anilines is 1. The van der Waals surface area contributed by atoms with Crippen molar-refractivity contribution in [3.8, 4) is 0 Å². The number of hydrogen-bond acceptors (Lipinski definition) is 4. The van der Waals surface area contributed by atoms with Crippen LogP contribution in [0.5, 0.6) is 0 Å². The van der Waals surface area contributed by atoms with Gasteiger partial charge in [-0.1, -0.05) is 36.4 Å². The highest BCUT2D eigenvalue weighted by molar-refractivity contribution is 5.85. The Kier molecular flexibility index (Phi) is 4.81. The third-order valence-electron chi connectivity index (χ3n) is 4.74. The monoisotopic (exact) mass is 325 g/mol. The van der Waals surface area contributed by atoms with Crippen molar-refractivity contribution in [1.82, 2.24) is 9.88 Å². The minimum Gasteiger partial charge on any atom is -0.477 e. The molecule has 2 heterocycles. The second-order valence-corrected chi connectivity index (χ2v) is 6.57. The number of nitrogens with zero attached hydrogens (tertiary/aromatic N) is 2. The maximum atomic E-state index is 11.0. The van der Waals surface area contributed by atoms with Crippen molar-refractivity contribution in [1.29, 1.82) is 0 Å². The summed E-state index contributed by atoms with van der Waals surface area (Å²) in [5.74, 6) is -0.390. The van der Waals surface area contributed by atoms with Gasteiger partial charge in [-0.2, -0.15) is 0 Å². The summed E-state index contributed by atoms with van der Waals surface area (Å²) in [7, 11) is 0. The second kappa shape index (κ2) is 7.01. The average Bonchev–Trinajstić information content (AvgIpc) is 2.95. The van der Waals surface area contributed by atoms with Gasteiger partial charge in [-0.05, 0) is 44.0 Å². The molecule has 3 rings (SSSR count). The summed E-state index contributed by atoms with van der Waals surface area (Å²) in [5, 5.41) is 12.4. The van der Waals surface area contributed by atoms with Crippen LogP contribution in [0.25, 0.3) is 0 Å². The number of benzene rings is 1. The van der Waals surface area contributed by atoms with Gasteiger partial charge in [0.05, 0.1) is 0 Å². The van der Waals surface area contributed by atoms with Gasteiger partial charge in [0, 0.05) is 18.6 Å². The molecule has 5 nitrogen and oxygen atoms in total. The first-order chi connectivity index (χ1) is 11.6. The first kappa shape index (κ1) is 16.5. The van der Waals surface area contributed by atoms with Crippen molar-refractivity contribution in [2.24, 2.45) is 0 Å². The first-order valence-electron chi connectivity index (χ1n) is 8.30. The maximum absolute atomic E-state index is 11.0. The quantitative estimate of drug-likeness (QED) is 0.853. The van der Waals surface area contributed by atoms with Gasteiger partial charge in [0.2, 0.25) is 0 Å². The SMILES string of the molecule is CC1(CNc2cccc(C(=O)O)n2)CCCN1Cc1ccccc1. The van der Waals surface area contributed by atoms with E-state index >= 15 is 0 Å². The molecule has 1 aromatic heterocycles. The molecule has 1 unspecified atom stereocenters. The molecule has 5 heteroatoms. The molecule has 0 spiro atoms. The van der Waals surface area contributed by atoms with Crippen molar-refractivity contribution in [3.05, 3.63) is 59.8 Å². The summed E-state index contributed by atoms with van der Waals surface area (Å²) in [5.41, 5.74) is 1.42. The van der Waals surface area contributed by atoms with Gasteiger partial charge in [0.15, 0.2) is 5.69 Å². The van der Waals surface area contributed by atoms with Crippen LogP contribution < -0.4 is 5.32 Å². The lowest BCUT2D eigenvalue weighted by molar-refractivity contribution is 0.0690. The third kappa shape index (κ3) is 3.74. The Labute approximate surface area is 142 Å². The average molecular weight is 325 g/mol. The van der Waals surface area contributed by atoms with Gasteiger partial charge < -0.3 is 10.4 Å². The number of likely N-dealkylation sites (tertiary alicyclic amines) is 1. The van der Waals surface area contributed by atoms with E-state index in [1.165, 1.54) is 18.1 Å². The molecular formula is C19H23N3O2. The van der Waals surface area contributed by atoms with Gasteiger partial charge in [-0.25, -0.2) is 9.78 Å². The predicted molar refractivity (Wildman–Crippen MR) is 94.2 cm³/mol. The summed E-state index contributed by atoms with van der Waals surface area (Å²) in [6, 6.07) is 15.5. The molecule has 1 atom stereocenters. The van der Waals surface area contributed by atoms with Crippen LogP contribution in [0.1, 0.15) is 35.8 Å². The van der Waals surface area contributed by atoms with E-state index in [0.29, 0.717) is 5.82 Å². The predicted octanol–water partition coefficient (Wildman–Crippen LogP) is 3.25. The highest BCUT2D eigenvalue weighted by atomic mass is 16.4. The molecule has 2 N–H and O–H groups in total. The first-order valence-corrected chi connectivity index (χ1v) is 8.30. The Morgan fingerprint density at radius 3 is 2.79 bits per heavy atom. The minimum absolute atomic E-state index is 0.0384. The van der Waals surface area contributed by atoms with Crippen LogP contribution in [0, 0.1) is 0 Å². The Balaban J connectivity index is 1.66. The van der Waals surface area contributed by atoms with Crippen molar-refractivity contribution >= 4 is 11.8 Å². The third-order valence-corrected chi connectivity index (χ3v) is 4.74. The number of nitrogens with one attached hydrogen (secondary N) is 1. The number of hydrogen-bond donors (Lipinski definition) is 2. The topological polar surface area (TPSA) is 65.5 Å². The van der Waals surface area contributed by atoms with Crippen LogP contribution in [0.15, 0.2) is 48.5 Å². The second-order valence-electron chi connectivity index (χ2n) is 6.57. The number of pyridine rings is 1. The summed E-state index contributed by atoms with van der Waals surface area (Å²) in [6.45, 7) is 5.02. The number of carboxylic acids is 1. The molecule has 1 aliphatic heterocycles. The summed E-state index contributed by atoms with van der Waals surface area (Å²) < 4.78 is 0. The molecule has 0 amide bonds. The van der Waals surface area contributed by atoms with Crippen LogP contribution in [0.3, 0.4) is 0 Å². The fraction of sp³-hybridized carbons (Fsp3) is 0.368. The number of aromatic nitrogens is 1. The van der Waals surface area contributed by atoms with Gasteiger partial charge in [-0.3, -0.25) is 4.90 Å². The highest BCUT2D eigenvalue weighted by Crippen LogP contribution is 2.30. The maximum Gasteiger partial charge on any atom is 0.354 e. The largest absolute Gasteiger partial charge is 0.477 e. The van der Waals surface area contributed by atoms with E-state index in [-0.39, 0.29) is 11.2 Å². The molecule has 0 bridgehead atoms. The Morgan fingerprint density at radius 2 is 2.04 bits per heavy atom. The molecule has 126 valence electrons. The smallest absolute Gasteiger partial charge is 0.354 e. The molecule has 0 aliphatic carbocycles. The Bertz CT molecular complexity index is 705. The lowest BCUT2D eigenvalue weighted by Gasteiger charge is -2.35.